The second-order valence-corrected chi connectivity index (χ2v) is 13.5. The Morgan fingerprint density at radius 3 is 1.89 bits per heavy atom. The highest BCUT2D eigenvalue weighted by Crippen LogP contribution is 2.27. The molecule has 8 aromatic rings. The number of hydrogen-bond donors (Lipinski definition) is 3. The number of carbonyl (C=O) groups excluding carboxylic acids is 2. The first kappa shape index (κ1) is 43.4. The lowest BCUT2D eigenvalue weighted by Crippen LogP contribution is -2.37. The first-order chi connectivity index (χ1) is 30.8. The first-order valence-corrected chi connectivity index (χ1v) is 20.1. The Labute approximate surface area is 361 Å². The van der Waals surface area contributed by atoms with Crippen molar-refractivity contribution in [3.8, 4) is 22.5 Å². The molecule has 7 heterocycles. The van der Waals surface area contributed by atoms with Crippen LogP contribution in [0.3, 0.4) is 0 Å². The number of pyridine rings is 2. The van der Waals surface area contributed by atoms with Crippen molar-refractivity contribution in [2.24, 2.45) is 0 Å². The standard InChI is InChI=1S/C22H19FN6O2.C21H19FN6O2.C2H6/c23-18-6-2-1-5-16(18)19-14-29-21(26-19)17(22(30)25-15-4-3-7-24-13-15)12-20(27-29)28-8-10-31-11-9-28;1-30-11-10-24-19-12-16(21(29)25-14-6-8-23-9-7-14)20-26-18(13-28(20)27-19)15-4-2-3-5-17(15)22;1-2/h1-7,12-14H,8-11H2,(H,25,30);2-9,12-13H,10-11H2,1H3,(H,24,27)(H,23,25,29);1-2H3. The molecule has 1 fully saturated rings. The highest BCUT2D eigenvalue weighted by molar-refractivity contribution is 6.09. The molecule has 322 valence electrons. The summed E-state index contributed by atoms with van der Waals surface area (Å²) < 4.78 is 42.1. The molecule has 2 amide bonds. The summed E-state index contributed by atoms with van der Waals surface area (Å²) in [4.78, 5) is 45.2. The number of carbonyl (C=O) groups is 2. The molecule has 18 heteroatoms. The van der Waals surface area contributed by atoms with E-state index in [4.69, 9.17) is 9.47 Å². The van der Waals surface area contributed by atoms with Gasteiger partial charge in [0.05, 0.1) is 66.6 Å². The summed E-state index contributed by atoms with van der Waals surface area (Å²) in [5.41, 5.74) is 3.92. The zero-order valence-electron chi connectivity index (χ0n) is 34.7. The van der Waals surface area contributed by atoms with E-state index in [0.29, 0.717) is 107 Å². The van der Waals surface area contributed by atoms with E-state index in [1.54, 1.807) is 117 Å². The summed E-state index contributed by atoms with van der Waals surface area (Å²) in [6.45, 7) is 7.48. The molecule has 0 atom stereocenters. The minimum Gasteiger partial charge on any atom is -0.383 e. The summed E-state index contributed by atoms with van der Waals surface area (Å²) in [5, 5.41) is 17.9. The van der Waals surface area contributed by atoms with Crippen LogP contribution in [-0.4, -0.2) is 97.5 Å². The van der Waals surface area contributed by atoms with Gasteiger partial charge in [-0.2, -0.15) is 0 Å². The van der Waals surface area contributed by atoms with Crippen LogP contribution in [0, 0.1) is 11.6 Å². The molecular weight excluding hydrogens is 811 g/mol. The molecule has 0 bridgehead atoms. The molecular formula is C45H44F2N12O4. The van der Waals surface area contributed by atoms with Crippen LogP contribution >= 0.6 is 0 Å². The largest absolute Gasteiger partial charge is 0.383 e. The number of benzene rings is 2. The first-order valence-electron chi connectivity index (χ1n) is 20.1. The molecule has 16 nitrogen and oxygen atoms in total. The molecule has 1 aliphatic rings. The van der Waals surface area contributed by atoms with E-state index in [-0.39, 0.29) is 17.6 Å². The lowest BCUT2D eigenvalue weighted by Gasteiger charge is -2.27. The maximum Gasteiger partial charge on any atom is 0.259 e. The fourth-order valence-electron chi connectivity index (χ4n) is 6.46. The van der Waals surface area contributed by atoms with Crippen molar-refractivity contribution in [1.82, 2.24) is 39.2 Å². The quantitative estimate of drug-likeness (QED) is 0.111. The van der Waals surface area contributed by atoms with Gasteiger partial charge >= 0.3 is 0 Å². The number of morpholine rings is 1. The maximum atomic E-state index is 14.3. The fraction of sp³-hybridized carbons (Fsp3) is 0.200. The van der Waals surface area contributed by atoms with Gasteiger partial charge in [0.1, 0.15) is 17.5 Å². The van der Waals surface area contributed by atoms with Crippen LogP contribution in [0.5, 0.6) is 0 Å². The predicted molar refractivity (Wildman–Crippen MR) is 236 cm³/mol. The van der Waals surface area contributed by atoms with E-state index in [0.717, 1.165) is 0 Å². The van der Waals surface area contributed by atoms with E-state index >= 15 is 0 Å². The van der Waals surface area contributed by atoms with Crippen LogP contribution in [0.25, 0.3) is 33.8 Å². The Morgan fingerprint density at radius 1 is 0.714 bits per heavy atom. The molecule has 6 aromatic heterocycles. The molecule has 0 radical (unpaired) electrons. The van der Waals surface area contributed by atoms with Crippen molar-refractivity contribution in [1.29, 1.82) is 0 Å². The van der Waals surface area contributed by atoms with Crippen LogP contribution in [0.2, 0.25) is 0 Å². The molecule has 0 saturated carbocycles. The van der Waals surface area contributed by atoms with Gasteiger partial charge in [-0.1, -0.05) is 38.1 Å². The second kappa shape index (κ2) is 20.7. The van der Waals surface area contributed by atoms with Gasteiger partial charge < -0.3 is 30.3 Å². The van der Waals surface area contributed by atoms with Gasteiger partial charge in [-0.15, -0.1) is 10.2 Å². The van der Waals surface area contributed by atoms with Gasteiger partial charge in [0.25, 0.3) is 11.8 Å². The summed E-state index contributed by atoms with van der Waals surface area (Å²) >= 11 is 0. The Kier molecular flexibility index (Phi) is 14.3. The zero-order valence-corrected chi connectivity index (χ0v) is 34.7. The number of ether oxygens (including phenoxy) is 2. The van der Waals surface area contributed by atoms with Crippen molar-refractivity contribution in [2.75, 3.05) is 67.4 Å². The van der Waals surface area contributed by atoms with Crippen molar-refractivity contribution >= 4 is 46.1 Å². The van der Waals surface area contributed by atoms with Crippen LogP contribution in [0.15, 0.2) is 122 Å². The monoisotopic (exact) mass is 854 g/mol. The number of aromatic nitrogens is 8. The minimum atomic E-state index is -0.401. The topological polar surface area (TPSA) is 178 Å². The number of amides is 2. The number of halogens is 2. The van der Waals surface area contributed by atoms with Crippen LogP contribution in [0.4, 0.5) is 31.8 Å². The van der Waals surface area contributed by atoms with E-state index in [2.05, 4.69) is 46.1 Å². The summed E-state index contributed by atoms with van der Waals surface area (Å²) in [6.07, 6.45) is 9.60. The number of fused-ring (bicyclic) bond motifs is 2. The Balaban J connectivity index is 0.000000182. The number of hydrogen-bond acceptors (Lipinski definition) is 12. The number of imidazole rings is 2. The molecule has 2 aromatic carbocycles. The molecule has 63 heavy (non-hydrogen) atoms. The van der Waals surface area contributed by atoms with E-state index in [1.165, 1.54) is 21.2 Å². The summed E-state index contributed by atoms with van der Waals surface area (Å²) in [7, 11) is 1.60. The number of nitrogens with zero attached hydrogens (tertiary/aromatic N) is 9. The van der Waals surface area contributed by atoms with Crippen molar-refractivity contribution in [2.45, 2.75) is 13.8 Å². The number of methoxy groups -OCH3 is 1. The number of nitrogens with one attached hydrogen (secondary N) is 3. The third-order valence-corrected chi connectivity index (χ3v) is 9.43. The second-order valence-electron chi connectivity index (χ2n) is 13.5. The van der Waals surface area contributed by atoms with Crippen LogP contribution < -0.4 is 20.9 Å². The Morgan fingerprint density at radius 2 is 1.30 bits per heavy atom. The average molecular weight is 855 g/mol. The molecule has 0 aliphatic carbocycles. The third-order valence-electron chi connectivity index (χ3n) is 9.43. The lowest BCUT2D eigenvalue weighted by molar-refractivity contribution is 0.101. The van der Waals surface area contributed by atoms with E-state index < -0.39 is 5.82 Å². The third kappa shape index (κ3) is 10.4. The molecule has 3 N–H and O–H groups in total. The molecule has 1 aliphatic heterocycles. The van der Waals surface area contributed by atoms with Gasteiger partial charge in [0.15, 0.2) is 17.1 Å². The number of anilines is 4. The van der Waals surface area contributed by atoms with Gasteiger partial charge in [0, 0.05) is 62.1 Å². The lowest BCUT2D eigenvalue weighted by atomic mass is 10.1. The van der Waals surface area contributed by atoms with Gasteiger partial charge in [-0.3, -0.25) is 19.6 Å². The Bertz CT molecular complexity index is 2800. The Hall–Kier alpha value is -7.70. The number of rotatable bonds is 11. The zero-order chi connectivity index (χ0) is 44.1. The van der Waals surface area contributed by atoms with Gasteiger partial charge in [-0.05, 0) is 60.7 Å². The van der Waals surface area contributed by atoms with Crippen LogP contribution in [-0.2, 0) is 9.47 Å². The maximum absolute atomic E-state index is 14.3. The predicted octanol–water partition coefficient (Wildman–Crippen LogP) is 7.29. The van der Waals surface area contributed by atoms with Gasteiger partial charge in [-0.25, -0.2) is 27.8 Å². The fourth-order valence-corrected chi connectivity index (χ4v) is 6.46. The highest BCUT2D eigenvalue weighted by Gasteiger charge is 2.22. The van der Waals surface area contributed by atoms with Crippen LogP contribution in [0.1, 0.15) is 34.6 Å². The molecule has 0 spiro atoms. The smallest absolute Gasteiger partial charge is 0.259 e. The molecule has 0 unspecified atom stereocenters. The normalized spacial score (nSPS) is 12.2. The van der Waals surface area contributed by atoms with Crippen molar-refractivity contribution in [3.05, 3.63) is 145 Å². The summed E-state index contributed by atoms with van der Waals surface area (Å²) in [5.74, 6) is -0.404. The molecule has 1 saturated heterocycles. The highest BCUT2D eigenvalue weighted by atomic mass is 19.1. The summed E-state index contributed by atoms with van der Waals surface area (Å²) in [6, 6.07) is 22.9. The minimum absolute atomic E-state index is 0.296. The van der Waals surface area contributed by atoms with Crippen molar-refractivity contribution < 1.29 is 27.8 Å². The van der Waals surface area contributed by atoms with E-state index in [9.17, 15) is 18.4 Å². The van der Waals surface area contributed by atoms with Gasteiger partial charge in [0.2, 0.25) is 0 Å². The molecule has 9 rings (SSSR count). The SMILES string of the molecule is CC.COCCNc1cc(C(=O)Nc2ccncc2)c2nc(-c3ccccc3F)cn2n1.O=C(Nc1cccnc1)c1cc(N2CCOCC2)nn2cc(-c3ccccc3F)nc12. The average Bonchev–Trinajstić information content (AvgIpc) is 3.95. The van der Waals surface area contributed by atoms with E-state index in [1.807, 2.05) is 18.7 Å². The van der Waals surface area contributed by atoms with Crippen molar-refractivity contribution in [3.63, 3.8) is 0 Å².